The van der Waals surface area contributed by atoms with Crippen LogP contribution < -0.4 is 4.72 Å². The Morgan fingerprint density at radius 1 is 1.21 bits per heavy atom. The zero-order valence-electron chi connectivity index (χ0n) is 14.3. The van der Waals surface area contributed by atoms with Gasteiger partial charge >= 0.3 is 12.1 Å². The second-order valence-electron chi connectivity index (χ2n) is 5.55. The van der Waals surface area contributed by atoms with Gasteiger partial charge in [0, 0.05) is 5.56 Å². The number of nitrogens with zero attached hydrogens (tertiary/aromatic N) is 1. The van der Waals surface area contributed by atoms with Gasteiger partial charge in [0.05, 0.1) is 22.2 Å². The zero-order valence-corrected chi connectivity index (χ0v) is 15.8. The predicted octanol–water partition coefficient (Wildman–Crippen LogP) is 3.39. The van der Waals surface area contributed by atoms with E-state index in [1.807, 2.05) is 0 Å². The van der Waals surface area contributed by atoms with Gasteiger partial charge in [-0.2, -0.15) is 23.2 Å². The Morgan fingerprint density at radius 2 is 1.90 bits per heavy atom. The van der Waals surface area contributed by atoms with E-state index in [9.17, 15) is 30.8 Å². The Bertz CT molecular complexity index is 1080. The molecule has 2 aromatic carbocycles. The second-order valence-corrected chi connectivity index (χ2v) is 7.69. The molecule has 1 N–H and O–H groups in total. The van der Waals surface area contributed by atoms with Crippen molar-refractivity contribution in [3.05, 3.63) is 63.9 Å². The molecule has 0 aromatic heterocycles. The summed E-state index contributed by atoms with van der Waals surface area (Å²) in [5, 5.41) is 8.29. The molecule has 0 aliphatic rings. The third kappa shape index (κ3) is 5.90. The van der Waals surface area contributed by atoms with E-state index in [-0.39, 0.29) is 11.1 Å². The maximum absolute atomic E-state index is 13.6. The topological polar surface area (TPSA) is 96.3 Å². The summed E-state index contributed by atoms with van der Waals surface area (Å²) < 4.78 is 82.8. The molecule has 6 nitrogen and oxygen atoms in total. The minimum atomic E-state index is -4.80. The minimum Gasteiger partial charge on any atom is -0.460 e. The third-order valence-corrected chi connectivity index (χ3v) is 5.40. The van der Waals surface area contributed by atoms with Crippen molar-refractivity contribution in [1.29, 1.82) is 5.26 Å². The van der Waals surface area contributed by atoms with E-state index in [2.05, 4.69) is 0 Å². The molecule has 0 spiro atoms. The van der Waals surface area contributed by atoms with Crippen molar-refractivity contribution < 1.29 is 35.5 Å². The molecular weight excluding hydrogens is 440 g/mol. The van der Waals surface area contributed by atoms with E-state index in [0.29, 0.717) is 12.1 Å². The summed E-state index contributed by atoms with van der Waals surface area (Å²) >= 11 is 5.66. The molecule has 0 amide bonds. The number of esters is 1. The maximum atomic E-state index is 13.6. The lowest BCUT2D eigenvalue weighted by molar-refractivity contribution is -0.143. The molecule has 2 aromatic rings. The van der Waals surface area contributed by atoms with Gasteiger partial charge in [0.2, 0.25) is 10.0 Å². The Morgan fingerprint density at radius 3 is 2.52 bits per heavy atom. The number of sulfonamides is 1. The predicted molar refractivity (Wildman–Crippen MR) is 92.6 cm³/mol. The van der Waals surface area contributed by atoms with Crippen LogP contribution in [0.25, 0.3) is 0 Å². The highest BCUT2D eigenvalue weighted by Crippen LogP contribution is 2.33. The largest absolute Gasteiger partial charge is 0.460 e. The third-order valence-electron chi connectivity index (χ3n) is 3.52. The SMILES string of the molecule is N#Cc1ccc(F)c(COC(=O)CNS(=O)(=O)c2cc(C(F)(F)F)ccc2Cl)c1. The van der Waals surface area contributed by atoms with Crippen molar-refractivity contribution in [2.75, 3.05) is 6.54 Å². The van der Waals surface area contributed by atoms with Crippen molar-refractivity contribution in [3.8, 4) is 6.07 Å². The number of nitrogens with one attached hydrogen (secondary N) is 1. The van der Waals surface area contributed by atoms with Crippen molar-refractivity contribution >= 4 is 27.6 Å². The smallest absolute Gasteiger partial charge is 0.416 e. The van der Waals surface area contributed by atoms with Gasteiger partial charge in [-0.05, 0) is 36.4 Å². The first-order chi connectivity index (χ1) is 13.4. The van der Waals surface area contributed by atoms with Crippen LogP contribution in [0, 0.1) is 17.1 Å². The average molecular weight is 451 g/mol. The molecule has 0 atom stereocenters. The Kier molecular flexibility index (Phi) is 6.84. The highest BCUT2D eigenvalue weighted by molar-refractivity contribution is 7.89. The van der Waals surface area contributed by atoms with Gasteiger partial charge in [0.15, 0.2) is 0 Å². The number of nitriles is 1. The van der Waals surface area contributed by atoms with Crippen LogP contribution in [0.2, 0.25) is 5.02 Å². The first-order valence-electron chi connectivity index (χ1n) is 7.64. The molecular formula is C17H11ClF4N2O4S. The van der Waals surface area contributed by atoms with Gasteiger partial charge in [-0.1, -0.05) is 11.6 Å². The molecule has 0 bridgehead atoms. The van der Waals surface area contributed by atoms with E-state index < -0.39 is 56.6 Å². The van der Waals surface area contributed by atoms with Crippen molar-refractivity contribution in [3.63, 3.8) is 0 Å². The molecule has 0 unspecified atom stereocenters. The molecule has 0 aliphatic heterocycles. The number of carbonyl (C=O) groups is 1. The molecule has 0 radical (unpaired) electrons. The molecule has 0 saturated carbocycles. The first-order valence-corrected chi connectivity index (χ1v) is 9.50. The van der Waals surface area contributed by atoms with Gasteiger partial charge in [-0.3, -0.25) is 4.79 Å². The Hall–Kier alpha value is -2.68. The fourth-order valence-corrected chi connectivity index (χ4v) is 3.57. The van der Waals surface area contributed by atoms with E-state index in [4.69, 9.17) is 21.6 Å². The van der Waals surface area contributed by atoms with Gasteiger partial charge in [0.1, 0.15) is 23.9 Å². The first kappa shape index (κ1) is 22.6. The van der Waals surface area contributed by atoms with Gasteiger partial charge in [-0.15, -0.1) is 0 Å². The van der Waals surface area contributed by atoms with Crippen LogP contribution in [0.4, 0.5) is 17.6 Å². The number of benzene rings is 2. The lowest BCUT2D eigenvalue weighted by atomic mass is 10.1. The molecule has 0 saturated heterocycles. The van der Waals surface area contributed by atoms with Gasteiger partial charge in [-0.25, -0.2) is 12.8 Å². The number of ether oxygens (including phenoxy) is 1. The molecule has 0 aliphatic carbocycles. The second kappa shape index (κ2) is 8.77. The number of hydrogen-bond acceptors (Lipinski definition) is 5. The summed E-state index contributed by atoms with van der Waals surface area (Å²) in [5.41, 5.74) is -1.23. The van der Waals surface area contributed by atoms with E-state index in [1.54, 1.807) is 10.8 Å². The van der Waals surface area contributed by atoms with Crippen LogP contribution in [-0.4, -0.2) is 20.9 Å². The number of rotatable bonds is 6. The van der Waals surface area contributed by atoms with Crippen LogP contribution in [0.5, 0.6) is 0 Å². The van der Waals surface area contributed by atoms with Crippen LogP contribution in [-0.2, 0) is 32.3 Å². The number of hydrogen-bond donors (Lipinski definition) is 1. The summed E-state index contributed by atoms with van der Waals surface area (Å²) in [5.74, 6) is -1.87. The highest BCUT2D eigenvalue weighted by Gasteiger charge is 2.32. The van der Waals surface area contributed by atoms with E-state index in [1.165, 1.54) is 6.07 Å². The van der Waals surface area contributed by atoms with Crippen LogP contribution in [0.3, 0.4) is 0 Å². The molecule has 2 rings (SSSR count). The van der Waals surface area contributed by atoms with Crippen LogP contribution in [0.15, 0.2) is 41.3 Å². The monoisotopic (exact) mass is 450 g/mol. The lowest BCUT2D eigenvalue weighted by Gasteiger charge is -2.12. The van der Waals surface area contributed by atoms with Crippen molar-refractivity contribution in [1.82, 2.24) is 4.72 Å². The summed E-state index contributed by atoms with van der Waals surface area (Å²) in [4.78, 5) is 10.9. The standard InChI is InChI=1S/C17H11ClF4N2O4S/c18-13-3-2-12(17(20,21)22)6-15(13)29(26,27)24-8-16(25)28-9-11-5-10(7-23)1-4-14(11)19/h1-6,24H,8-9H2. The number of carbonyl (C=O) groups excluding carboxylic acids is 1. The average Bonchev–Trinajstić information content (AvgIpc) is 2.65. The molecule has 0 fully saturated rings. The normalized spacial score (nSPS) is 11.7. The van der Waals surface area contributed by atoms with Crippen molar-refractivity contribution in [2.24, 2.45) is 0 Å². The molecule has 12 heteroatoms. The molecule has 154 valence electrons. The molecule has 29 heavy (non-hydrogen) atoms. The number of halogens is 5. The summed E-state index contributed by atoms with van der Waals surface area (Å²) in [7, 11) is -4.57. The van der Waals surface area contributed by atoms with E-state index in [0.717, 1.165) is 18.2 Å². The minimum absolute atomic E-state index is 0.110. The maximum Gasteiger partial charge on any atom is 0.416 e. The number of alkyl halides is 3. The quantitative estimate of drug-likeness (QED) is 0.537. The van der Waals surface area contributed by atoms with E-state index >= 15 is 0 Å². The van der Waals surface area contributed by atoms with Crippen LogP contribution in [0.1, 0.15) is 16.7 Å². The fraction of sp³-hybridized carbons (Fsp3) is 0.176. The zero-order chi connectivity index (χ0) is 21.8. The summed E-state index contributed by atoms with van der Waals surface area (Å²) in [6.45, 7) is -1.51. The highest BCUT2D eigenvalue weighted by atomic mass is 35.5. The fourth-order valence-electron chi connectivity index (χ4n) is 2.08. The van der Waals surface area contributed by atoms with Gasteiger partial charge in [0.25, 0.3) is 0 Å². The summed E-state index contributed by atoms with van der Waals surface area (Å²) in [6, 6.07) is 6.85. The lowest BCUT2D eigenvalue weighted by Crippen LogP contribution is -2.31. The Labute approximate surface area is 167 Å². The van der Waals surface area contributed by atoms with Crippen LogP contribution >= 0.6 is 11.6 Å². The van der Waals surface area contributed by atoms with Crippen molar-refractivity contribution in [2.45, 2.75) is 17.7 Å². The van der Waals surface area contributed by atoms with Gasteiger partial charge < -0.3 is 4.74 Å². The summed E-state index contributed by atoms with van der Waals surface area (Å²) in [6.07, 6.45) is -4.80. The Balaban J connectivity index is 2.06. The molecule has 0 heterocycles.